The molecule has 0 unspecified atom stereocenters. The summed E-state index contributed by atoms with van der Waals surface area (Å²) in [4.78, 5) is 11.9. The van der Waals surface area contributed by atoms with Crippen molar-refractivity contribution >= 4 is 5.82 Å². The van der Waals surface area contributed by atoms with Gasteiger partial charge in [-0.15, -0.1) is 0 Å². The molecule has 2 aromatic heterocycles. The zero-order valence-corrected chi connectivity index (χ0v) is 17.9. The lowest BCUT2D eigenvalue weighted by molar-refractivity contribution is 0.250. The van der Waals surface area contributed by atoms with E-state index in [4.69, 9.17) is 0 Å². The summed E-state index contributed by atoms with van der Waals surface area (Å²) in [5, 5.41) is 8.01. The highest BCUT2D eigenvalue weighted by Crippen LogP contribution is 2.39. The maximum atomic E-state index is 4.61. The number of hydrogen-bond acceptors (Lipinski definition) is 5. The van der Waals surface area contributed by atoms with Crippen molar-refractivity contribution in [3.8, 4) is 11.3 Å². The zero-order chi connectivity index (χ0) is 19.9. The number of nitrogens with zero attached hydrogens (tertiary/aromatic N) is 5. The molecule has 3 atom stereocenters. The van der Waals surface area contributed by atoms with E-state index in [9.17, 15) is 0 Å². The van der Waals surface area contributed by atoms with Crippen molar-refractivity contribution < 1.29 is 0 Å². The van der Waals surface area contributed by atoms with E-state index in [2.05, 4.69) is 46.1 Å². The molecule has 6 heteroatoms. The average Bonchev–Trinajstić information content (AvgIpc) is 3.26. The second-order valence-electron chi connectivity index (χ2n) is 9.99. The van der Waals surface area contributed by atoms with Crippen LogP contribution in [0.5, 0.6) is 0 Å². The third-order valence-electron chi connectivity index (χ3n) is 6.30. The molecule has 0 aromatic carbocycles. The quantitative estimate of drug-likeness (QED) is 0.853. The van der Waals surface area contributed by atoms with E-state index in [0.29, 0.717) is 11.5 Å². The van der Waals surface area contributed by atoms with Gasteiger partial charge >= 0.3 is 0 Å². The molecule has 1 saturated heterocycles. The highest BCUT2D eigenvalue weighted by Gasteiger charge is 2.40. The lowest BCUT2D eigenvalue weighted by atomic mass is 9.92. The lowest BCUT2D eigenvalue weighted by Gasteiger charge is -2.24. The first-order chi connectivity index (χ1) is 13.3. The van der Waals surface area contributed by atoms with Crippen molar-refractivity contribution in [1.29, 1.82) is 0 Å². The molecular weight excluding hydrogens is 348 g/mol. The van der Waals surface area contributed by atoms with Crippen LogP contribution in [0, 0.1) is 24.2 Å². The number of rotatable bonds is 5. The van der Waals surface area contributed by atoms with Gasteiger partial charge in [-0.2, -0.15) is 5.10 Å². The molecule has 3 heterocycles. The number of hydrogen-bond donors (Lipinski definition) is 1. The van der Waals surface area contributed by atoms with E-state index in [1.165, 1.54) is 38.9 Å². The van der Waals surface area contributed by atoms with Crippen LogP contribution < -0.4 is 5.32 Å². The largest absolute Gasteiger partial charge is 0.366 e. The van der Waals surface area contributed by atoms with Gasteiger partial charge in [-0.1, -0.05) is 20.8 Å². The minimum atomic E-state index is 0.432. The number of anilines is 1. The van der Waals surface area contributed by atoms with E-state index in [1.807, 2.05) is 37.2 Å². The van der Waals surface area contributed by atoms with Crippen molar-refractivity contribution in [3.05, 3.63) is 24.3 Å². The minimum absolute atomic E-state index is 0.432. The summed E-state index contributed by atoms with van der Waals surface area (Å²) < 4.78 is 1.82. The molecular formula is C22H34N6. The van der Waals surface area contributed by atoms with Gasteiger partial charge in [-0.25, -0.2) is 4.98 Å². The maximum Gasteiger partial charge on any atom is 0.144 e. The standard InChI is InChI=1S/C22H34N6/c1-15-19(14-27(5)26-15)20-10-24-21(11-23-20)25-18-8-16-12-28(13-17(16)9-18)7-6-22(2,3)4/h10-11,14,16-18H,6-9,12-13H2,1-5H3,(H,24,25)/t16-,17+,18-. The van der Waals surface area contributed by atoms with Crippen LogP contribution in [-0.2, 0) is 7.05 Å². The topological polar surface area (TPSA) is 58.9 Å². The third kappa shape index (κ3) is 4.37. The first-order valence-corrected chi connectivity index (χ1v) is 10.6. The molecule has 1 N–H and O–H groups in total. The van der Waals surface area contributed by atoms with Crippen LogP contribution in [0.15, 0.2) is 18.6 Å². The fourth-order valence-corrected chi connectivity index (χ4v) is 4.79. The SMILES string of the molecule is Cc1nn(C)cc1-c1cnc(N[C@@H]2C[C@@H]3CN(CCC(C)(C)C)C[C@@H]3C2)cn1. The van der Waals surface area contributed by atoms with Crippen LogP contribution in [0.3, 0.4) is 0 Å². The Bertz CT molecular complexity index is 789. The summed E-state index contributed by atoms with van der Waals surface area (Å²) in [6, 6.07) is 0.528. The highest BCUT2D eigenvalue weighted by atomic mass is 15.2. The first-order valence-electron chi connectivity index (χ1n) is 10.6. The van der Waals surface area contributed by atoms with Gasteiger partial charge in [-0.05, 0) is 50.0 Å². The Morgan fingerprint density at radius 2 is 1.82 bits per heavy atom. The fraction of sp³-hybridized carbons (Fsp3) is 0.682. The summed E-state index contributed by atoms with van der Waals surface area (Å²) in [5.74, 6) is 2.56. The molecule has 2 aliphatic rings. The number of fused-ring (bicyclic) bond motifs is 1. The Morgan fingerprint density at radius 1 is 1.11 bits per heavy atom. The van der Waals surface area contributed by atoms with Gasteiger partial charge in [0, 0.05) is 37.9 Å². The highest BCUT2D eigenvalue weighted by molar-refractivity contribution is 5.60. The van der Waals surface area contributed by atoms with Crippen LogP contribution in [0.1, 0.15) is 45.7 Å². The predicted octanol–water partition coefficient (Wildman–Crippen LogP) is 3.74. The van der Waals surface area contributed by atoms with Crippen LogP contribution in [-0.4, -0.2) is 50.3 Å². The van der Waals surface area contributed by atoms with E-state index < -0.39 is 0 Å². The van der Waals surface area contributed by atoms with E-state index >= 15 is 0 Å². The van der Waals surface area contributed by atoms with Crippen molar-refractivity contribution in [2.45, 2.75) is 53.0 Å². The summed E-state index contributed by atoms with van der Waals surface area (Å²) >= 11 is 0. The van der Waals surface area contributed by atoms with Crippen LogP contribution in [0.4, 0.5) is 5.82 Å². The van der Waals surface area contributed by atoms with Crippen molar-refractivity contribution in [3.63, 3.8) is 0 Å². The summed E-state index contributed by atoms with van der Waals surface area (Å²) in [5.41, 5.74) is 3.35. The summed E-state index contributed by atoms with van der Waals surface area (Å²) in [6.45, 7) is 12.8. The molecule has 1 aliphatic heterocycles. The molecule has 4 rings (SSSR count). The number of aryl methyl sites for hydroxylation is 2. The van der Waals surface area contributed by atoms with Crippen LogP contribution in [0.25, 0.3) is 11.3 Å². The smallest absolute Gasteiger partial charge is 0.144 e. The molecule has 6 nitrogen and oxygen atoms in total. The normalized spacial score (nSPS) is 25.2. The molecule has 1 saturated carbocycles. The van der Waals surface area contributed by atoms with Crippen LogP contribution >= 0.6 is 0 Å². The Hall–Kier alpha value is -1.95. The molecule has 28 heavy (non-hydrogen) atoms. The minimum Gasteiger partial charge on any atom is -0.366 e. The van der Waals surface area contributed by atoms with Crippen molar-refractivity contribution in [2.24, 2.45) is 24.3 Å². The molecule has 2 aromatic rings. The first kappa shape index (κ1) is 19.4. The number of aromatic nitrogens is 4. The Morgan fingerprint density at radius 3 is 2.36 bits per heavy atom. The van der Waals surface area contributed by atoms with E-state index in [0.717, 1.165) is 34.6 Å². The number of nitrogens with one attached hydrogen (secondary N) is 1. The number of likely N-dealkylation sites (tertiary alicyclic amines) is 1. The summed E-state index contributed by atoms with van der Waals surface area (Å²) in [6.07, 6.45) is 9.51. The fourth-order valence-electron chi connectivity index (χ4n) is 4.79. The van der Waals surface area contributed by atoms with Gasteiger partial charge in [0.25, 0.3) is 0 Å². The molecule has 0 spiro atoms. The van der Waals surface area contributed by atoms with Gasteiger partial charge in [-0.3, -0.25) is 9.67 Å². The Kier molecular flexibility index (Phi) is 5.17. The van der Waals surface area contributed by atoms with Crippen molar-refractivity contribution in [2.75, 3.05) is 25.0 Å². The Balaban J connectivity index is 1.29. The second-order valence-corrected chi connectivity index (χ2v) is 9.99. The van der Waals surface area contributed by atoms with Gasteiger partial charge in [0.2, 0.25) is 0 Å². The van der Waals surface area contributed by atoms with Crippen LogP contribution in [0.2, 0.25) is 0 Å². The van der Waals surface area contributed by atoms with E-state index in [-0.39, 0.29) is 0 Å². The zero-order valence-electron chi connectivity index (χ0n) is 17.9. The molecule has 0 bridgehead atoms. The predicted molar refractivity (Wildman–Crippen MR) is 113 cm³/mol. The third-order valence-corrected chi connectivity index (χ3v) is 6.30. The average molecular weight is 383 g/mol. The molecule has 2 fully saturated rings. The molecule has 0 radical (unpaired) electrons. The Labute approximate surface area is 168 Å². The molecule has 152 valence electrons. The maximum absolute atomic E-state index is 4.61. The van der Waals surface area contributed by atoms with Gasteiger partial charge in [0.05, 0.1) is 23.8 Å². The van der Waals surface area contributed by atoms with Gasteiger partial charge in [0.15, 0.2) is 0 Å². The second kappa shape index (κ2) is 7.47. The molecule has 0 amide bonds. The molecule has 1 aliphatic carbocycles. The van der Waals surface area contributed by atoms with Crippen molar-refractivity contribution in [1.82, 2.24) is 24.6 Å². The lowest BCUT2D eigenvalue weighted by Crippen LogP contribution is -2.28. The van der Waals surface area contributed by atoms with Gasteiger partial charge < -0.3 is 10.2 Å². The summed E-state index contributed by atoms with van der Waals surface area (Å²) in [7, 11) is 1.93. The van der Waals surface area contributed by atoms with Gasteiger partial charge in [0.1, 0.15) is 5.82 Å². The van der Waals surface area contributed by atoms with E-state index in [1.54, 1.807) is 0 Å². The monoisotopic (exact) mass is 382 g/mol.